The summed E-state index contributed by atoms with van der Waals surface area (Å²) >= 11 is 5.83. The monoisotopic (exact) mass is 367 g/mol. The summed E-state index contributed by atoms with van der Waals surface area (Å²) in [5.74, 6) is -0.635. The summed E-state index contributed by atoms with van der Waals surface area (Å²) in [4.78, 5) is -0.269. The lowest BCUT2D eigenvalue weighted by Crippen LogP contribution is -2.27. The maximum atomic E-state index is 12.9. The van der Waals surface area contributed by atoms with Gasteiger partial charge < -0.3 is 0 Å². The predicted molar refractivity (Wildman–Crippen MR) is 78.4 cm³/mol. The Kier molecular flexibility index (Phi) is 4.59. The Morgan fingerprint density at radius 1 is 1.04 bits per heavy atom. The van der Waals surface area contributed by atoms with Gasteiger partial charge in [-0.3, -0.25) is 4.31 Å². The molecule has 0 N–H and O–H groups in total. The smallest absolute Gasteiger partial charge is 0.268 e. The Balaban J connectivity index is 2.51. The average molecular weight is 368 g/mol. The first kappa shape index (κ1) is 17.6. The summed E-state index contributed by atoms with van der Waals surface area (Å²) in [6, 6.07) is 6.28. The quantitative estimate of drug-likeness (QED) is 0.757. The zero-order chi connectivity index (χ0) is 17.4. The number of hydrogen-bond donors (Lipinski definition) is 0. The van der Waals surface area contributed by atoms with Crippen molar-refractivity contribution < 1.29 is 26.0 Å². The Morgan fingerprint density at radius 2 is 1.61 bits per heavy atom. The molecule has 0 fully saturated rings. The Bertz CT molecular complexity index is 820. The van der Waals surface area contributed by atoms with Gasteiger partial charge in [-0.05, 0) is 42.5 Å². The van der Waals surface area contributed by atoms with Crippen molar-refractivity contribution in [2.24, 2.45) is 0 Å². The largest absolute Gasteiger partial charge is 0.416 e. The highest BCUT2D eigenvalue weighted by molar-refractivity contribution is 7.92. The van der Waals surface area contributed by atoms with E-state index in [0.717, 1.165) is 43.4 Å². The molecule has 124 valence electrons. The van der Waals surface area contributed by atoms with Gasteiger partial charge in [0.2, 0.25) is 0 Å². The van der Waals surface area contributed by atoms with Crippen LogP contribution in [0.4, 0.5) is 23.2 Å². The molecule has 0 amide bonds. The van der Waals surface area contributed by atoms with Gasteiger partial charge in [-0.15, -0.1) is 0 Å². The number of benzene rings is 2. The van der Waals surface area contributed by atoms with Crippen LogP contribution in [-0.2, 0) is 16.2 Å². The van der Waals surface area contributed by atoms with Crippen LogP contribution in [0.15, 0.2) is 47.4 Å². The Hall–Kier alpha value is -1.80. The molecule has 3 nitrogen and oxygen atoms in total. The average Bonchev–Trinajstić information content (AvgIpc) is 2.46. The highest BCUT2D eigenvalue weighted by atomic mass is 35.5. The zero-order valence-corrected chi connectivity index (χ0v) is 13.2. The number of rotatable bonds is 3. The van der Waals surface area contributed by atoms with Crippen molar-refractivity contribution in [1.29, 1.82) is 0 Å². The predicted octanol–water partition coefficient (Wildman–Crippen LogP) is 4.32. The second kappa shape index (κ2) is 6.01. The van der Waals surface area contributed by atoms with Crippen molar-refractivity contribution in [2.45, 2.75) is 11.1 Å². The van der Waals surface area contributed by atoms with Gasteiger partial charge in [0, 0.05) is 7.05 Å². The van der Waals surface area contributed by atoms with E-state index in [1.54, 1.807) is 0 Å². The molecular formula is C14H10ClF4NO2S. The fourth-order valence-corrected chi connectivity index (χ4v) is 3.33. The van der Waals surface area contributed by atoms with Gasteiger partial charge in [0.25, 0.3) is 10.0 Å². The number of alkyl halides is 3. The maximum Gasteiger partial charge on any atom is 0.416 e. The molecule has 0 unspecified atom stereocenters. The van der Waals surface area contributed by atoms with E-state index in [1.807, 2.05) is 0 Å². The molecule has 0 aliphatic heterocycles. The normalized spacial score (nSPS) is 12.3. The SMILES string of the molecule is CN(c1cc(C(F)(F)F)ccc1Cl)S(=O)(=O)c1ccc(F)cc1. The van der Waals surface area contributed by atoms with Gasteiger partial charge in [-0.2, -0.15) is 13.2 Å². The number of hydrogen-bond acceptors (Lipinski definition) is 2. The molecule has 0 spiro atoms. The molecule has 0 aliphatic rings. The van der Waals surface area contributed by atoms with E-state index < -0.39 is 27.6 Å². The molecular weight excluding hydrogens is 358 g/mol. The van der Waals surface area contributed by atoms with Gasteiger partial charge in [-0.1, -0.05) is 11.6 Å². The minimum absolute atomic E-state index is 0.161. The number of anilines is 1. The summed E-state index contributed by atoms with van der Waals surface area (Å²) < 4.78 is 76.7. The summed E-state index contributed by atoms with van der Waals surface area (Å²) in [6.07, 6.45) is -4.64. The lowest BCUT2D eigenvalue weighted by molar-refractivity contribution is -0.137. The second-order valence-electron chi connectivity index (χ2n) is 4.59. The first-order valence-corrected chi connectivity index (χ1v) is 7.96. The molecule has 0 aromatic heterocycles. The van der Waals surface area contributed by atoms with Crippen molar-refractivity contribution >= 4 is 27.3 Å². The topological polar surface area (TPSA) is 37.4 Å². The summed E-state index contributed by atoms with van der Waals surface area (Å²) in [7, 11) is -3.11. The van der Waals surface area contributed by atoms with Gasteiger partial charge in [0.05, 0.1) is 21.2 Å². The maximum absolute atomic E-state index is 12.9. The second-order valence-corrected chi connectivity index (χ2v) is 6.97. The molecule has 23 heavy (non-hydrogen) atoms. The van der Waals surface area contributed by atoms with Crippen molar-refractivity contribution in [2.75, 3.05) is 11.4 Å². The molecule has 0 saturated heterocycles. The van der Waals surface area contributed by atoms with Crippen LogP contribution < -0.4 is 4.31 Å². The first-order chi connectivity index (χ1) is 10.5. The molecule has 0 saturated carbocycles. The molecule has 0 bridgehead atoms. The Morgan fingerprint density at radius 3 is 2.13 bits per heavy atom. The standard InChI is InChI=1S/C14H10ClF4NO2S/c1-20(23(21,22)11-5-3-10(16)4-6-11)13-8-9(14(17,18)19)2-7-12(13)15/h2-8H,1H3. The highest BCUT2D eigenvalue weighted by Crippen LogP contribution is 2.36. The fourth-order valence-electron chi connectivity index (χ4n) is 1.82. The first-order valence-electron chi connectivity index (χ1n) is 6.15. The van der Waals surface area contributed by atoms with E-state index in [1.165, 1.54) is 0 Å². The highest BCUT2D eigenvalue weighted by Gasteiger charge is 2.32. The van der Waals surface area contributed by atoms with Crippen LogP contribution in [0.1, 0.15) is 5.56 Å². The van der Waals surface area contributed by atoms with Crippen LogP contribution in [-0.4, -0.2) is 15.5 Å². The van der Waals surface area contributed by atoms with E-state index in [0.29, 0.717) is 10.4 Å². The van der Waals surface area contributed by atoms with Crippen LogP contribution in [0.2, 0.25) is 5.02 Å². The molecule has 0 heterocycles. The van der Waals surface area contributed by atoms with Gasteiger partial charge in [0.15, 0.2) is 0 Å². The van der Waals surface area contributed by atoms with Crippen LogP contribution in [0.25, 0.3) is 0 Å². The van der Waals surface area contributed by atoms with E-state index in [9.17, 15) is 26.0 Å². The van der Waals surface area contributed by atoms with E-state index >= 15 is 0 Å². The molecule has 2 rings (SSSR count). The van der Waals surface area contributed by atoms with Crippen LogP contribution in [0.5, 0.6) is 0 Å². The summed E-state index contributed by atoms with van der Waals surface area (Å²) in [5.41, 5.74) is -1.36. The minimum Gasteiger partial charge on any atom is -0.268 e. The molecule has 0 atom stereocenters. The van der Waals surface area contributed by atoms with Gasteiger partial charge in [-0.25, -0.2) is 12.8 Å². The van der Waals surface area contributed by atoms with Crippen LogP contribution >= 0.6 is 11.6 Å². The van der Waals surface area contributed by atoms with Crippen molar-refractivity contribution in [3.8, 4) is 0 Å². The van der Waals surface area contributed by atoms with Gasteiger partial charge in [0.1, 0.15) is 5.82 Å². The molecule has 2 aromatic carbocycles. The van der Waals surface area contributed by atoms with E-state index in [-0.39, 0.29) is 15.6 Å². The number of sulfonamides is 1. The van der Waals surface area contributed by atoms with Crippen LogP contribution in [0.3, 0.4) is 0 Å². The van der Waals surface area contributed by atoms with Gasteiger partial charge >= 0.3 is 6.18 Å². The fraction of sp³-hybridized carbons (Fsp3) is 0.143. The van der Waals surface area contributed by atoms with Crippen molar-refractivity contribution in [1.82, 2.24) is 0 Å². The van der Waals surface area contributed by atoms with Crippen molar-refractivity contribution in [3.05, 3.63) is 58.9 Å². The lowest BCUT2D eigenvalue weighted by atomic mass is 10.2. The molecule has 0 aliphatic carbocycles. The zero-order valence-electron chi connectivity index (χ0n) is 11.6. The number of nitrogens with zero attached hydrogens (tertiary/aromatic N) is 1. The van der Waals surface area contributed by atoms with E-state index in [2.05, 4.69) is 0 Å². The van der Waals surface area contributed by atoms with E-state index in [4.69, 9.17) is 11.6 Å². The minimum atomic E-state index is -4.64. The molecule has 0 radical (unpaired) electrons. The van der Waals surface area contributed by atoms with Crippen molar-refractivity contribution in [3.63, 3.8) is 0 Å². The molecule has 2 aromatic rings. The third-order valence-corrected chi connectivity index (χ3v) is 5.19. The lowest BCUT2D eigenvalue weighted by Gasteiger charge is -2.22. The van der Waals surface area contributed by atoms with Crippen LogP contribution in [0, 0.1) is 5.82 Å². The number of halogens is 5. The Labute approximate surface area is 135 Å². The third-order valence-electron chi connectivity index (χ3n) is 3.08. The summed E-state index contributed by atoms with van der Waals surface area (Å²) in [5, 5.41) is -0.161. The molecule has 9 heteroatoms. The summed E-state index contributed by atoms with van der Waals surface area (Å²) in [6.45, 7) is 0. The third kappa shape index (κ3) is 3.59.